The summed E-state index contributed by atoms with van der Waals surface area (Å²) in [7, 11) is 10.1. The third kappa shape index (κ3) is 11.5. The van der Waals surface area contributed by atoms with Gasteiger partial charge in [-0.15, -0.1) is 0 Å². The molecule has 3 heteroatoms. The number of rotatable bonds is 16. The molecule has 12 rings (SSSR count). The molecule has 4 atom stereocenters. The first-order valence-electron chi connectivity index (χ1n) is 36.0. The fourth-order valence-electron chi connectivity index (χ4n) is 18.6. The van der Waals surface area contributed by atoms with Gasteiger partial charge in [0.2, 0.25) is 0 Å². The van der Waals surface area contributed by atoms with Gasteiger partial charge >= 0.3 is 583 Å². The second-order valence-electron chi connectivity index (χ2n) is 32.9. The summed E-state index contributed by atoms with van der Waals surface area (Å²) in [5.74, 6) is 0.160. The Hall–Kier alpha value is -6.61. The van der Waals surface area contributed by atoms with Crippen molar-refractivity contribution in [3.8, 4) is 44.5 Å². The molecule has 0 aliphatic heterocycles. The molecule has 0 fully saturated rings. The monoisotopic (exact) mass is 1330 g/mol. The maximum absolute atomic E-state index is 4.93. The van der Waals surface area contributed by atoms with Crippen LogP contribution in [-0.4, -0.2) is 45.1 Å². The molecule has 4 aliphatic rings. The Labute approximate surface area is 578 Å². The molecule has 0 saturated heterocycles. The van der Waals surface area contributed by atoms with Crippen LogP contribution in [0, 0.1) is 5.92 Å². The van der Waals surface area contributed by atoms with Crippen molar-refractivity contribution in [3.63, 3.8) is 0 Å². The number of hydrogen-bond donors (Lipinski definition) is 0. The molecule has 0 amide bonds. The van der Waals surface area contributed by atoms with E-state index in [1.54, 1.807) is 22.3 Å². The zero-order valence-corrected chi connectivity index (χ0v) is 64.1. The summed E-state index contributed by atoms with van der Waals surface area (Å²) in [5.41, 5.74) is 34.1. The van der Waals surface area contributed by atoms with Crippen LogP contribution >= 0.6 is 0 Å². The first kappa shape index (κ1) is 68.3. The molecule has 4 unspecified atom stereocenters. The maximum atomic E-state index is 3.03. The van der Waals surface area contributed by atoms with E-state index in [9.17, 15) is 0 Å². The Morgan fingerprint density at radius 2 is 0.579 bits per heavy atom. The Kier molecular flexibility index (Phi) is 18.5. The van der Waals surface area contributed by atoms with E-state index in [4.69, 9.17) is 0 Å². The van der Waals surface area contributed by atoms with Gasteiger partial charge in [-0.05, 0) is 0 Å². The molecule has 2 nitrogen and oxygen atoms in total. The molecule has 0 saturated carbocycles. The van der Waals surface area contributed by atoms with Crippen LogP contribution in [0.5, 0.6) is 0 Å². The van der Waals surface area contributed by atoms with Crippen LogP contribution in [0.3, 0.4) is 0 Å². The predicted octanol–water partition coefficient (Wildman–Crippen LogP) is 24.5. The van der Waals surface area contributed by atoms with E-state index in [2.05, 4.69) is 354 Å². The zero-order valence-electron chi connectivity index (χ0n) is 61.7. The fraction of sp³-hybridized carbons (Fsp3) is 0.380. The summed E-state index contributed by atoms with van der Waals surface area (Å²) in [6.07, 6.45) is 14.7. The van der Waals surface area contributed by atoms with Crippen molar-refractivity contribution in [1.29, 1.82) is 0 Å². The van der Waals surface area contributed by atoms with E-state index in [-0.39, 0.29) is 46.7 Å². The molecule has 0 N–H and O–H groups in total. The van der Waals surface area contributed by atoms with Crippen molar-refractivity contribution in [2.24, 2.45) is 5.92 Å². The third-order valence-corrected chi connectivity index (χ3v) is 39.8. The number of fused-ring (bicyclic) bond motifs is 4. The Morgan fingerprint density at radius 1 is 0.337 bits per heavy atom. The quantitative estimate of drug-likeness (QED) is 0.0890. The SMILES string of the molecule is C[CH]=[Zr]([CH]1C(CC)=Cc2c(-c3ccc(C(C)(C)C)cc3)cccc21)([CH]1C(CC)=Cc2c(-c3ccc(C(C)(C)C)cc3)cccc21)[C](C(C1C(CC)=Cc2c(-c3ccc(C(C)(C)C)cc3)cccc21)C1C(CC)=Cc2c(-c3ccc(C(C)(C)C)cc3)cccc21)(N(C)C)N(C)C. The van der Waals surface area contributed by atoms with Gasteiger partial charge in [0, 0.05) is 0 Å². The van der Waals surface area contributed by atoms with Gasteiger partial charge in [0.15, 0.2) is 0 Å². The minimum atomic E-state index is -4.93. The Balaban J connectivity index is 1.22. The first-order valence-corrected chi connectivity index (χ1v) is 41.5. The summed E-state index contributed by atoms with van der Waals surface area (Å²) < 4.78 is 2.82. The Morgan fingerprint density at radius 3 is 0.811 bits per heavy atom. The van der Waals surface area contributed by atoms with Gasteiger partial charge in [0.05, 0.1) is 0 Å². The van der Waals surface area contributed by atoms with E-state index in [0.717, 1.165) is 25.7 Å². The first-order chi connectivity index (χ1) is 45.1. The van der Waals surface area contributed by atoms with Crippen molar-refractivity contribution in [2.75, 3.05) is 28.2 Å². The normalized spacial score (nSPS) is 18.8. The molecule has 0 bridgehead atoms. The molecule has 0 radical (unpaired) electrons. The topological polar surface area (TPSA) is 6.48 Å². The van der Waals surface area contributed by atoms with Crippen LogP contribution in [0.25, 0.3) is 68.8 Å². The van der Waals surface area contributed by atoms with Gasteiger partial charge < -0.3 is 0 Å². The summed E-state index contributed by atoms with van der Waals surface area (Å²) in [4.78, 5) is 5.77. The number of benzene rings is 8. The summed E-state index contributed by atoms with van der Waals surface area (Å²) in [6, 6.07) is 68.1. The molecule has 95 heavy (non-hydrogen) atoms. The second-order valence-corrected chi connectivity index (χ2v) is 43.6. The van der Waals surface area contributed by atoms with Crippen molar-refractivity contribution >= 4 is 28.0 Å². The number of allylic oxidation sites excluding steroid dienone is 4. The average Bonchev–Trinajstić information content (AvgIpc) is 1.60. The van der Waals surface area contributed by atoms with Crippen molar-refractivity contribution in [3.05, 3.63) is 259 Å². The number of nitrogens with zero attached hydrogens (tertiary/aromatic N) is 2. The standard InChI is InChI=1S/C48H59N2.2C21H23.C2H4.Zr/c1-13-31-29-41-37(33-21-25-35(26-22-33)47(3,4)5)17-15-19-39(41)43(31)45(46(49(9)10)50(11)12)44-32(14-2)30-42-38(18-16-20-40(42)44)34-23-27-36(28-24-34)48(6,7)8;2*1-5-15-13-17-7-6-8-19(20(17)14-15)16-9-11-18(12-10-16)21(2,3)4;1-2;/h15-30,43-45H,13-14H2,1-12H3;2*6-14H,5H2,1-4H3;1H,2H3;. The van der Waals surface area contributed by atoms with Crippen LogP contribution in [0.1, 0.15) is 229 Å². The van der Waals surface area contributed by atoms with Crippen molar-refractivity contribution < 1.29 is 19.8 Å². The minimum absolute atomic E-state index is 0.0296. The van der Waals surface area contributed by atoms with Crippen LogP contribution in [0.15, 0.2) is 192 Å². The predicted molar refractivity (Wildman–Crippen MR) is 412 cm³/mol. The van der Waals surface area contributed by atoms with Crippen LogP contribution in [-0.2, 0) is 41.4 Å². The van der Waals surface area contributed by atoms with E-state index < -0.39 is 23.2 Å². The van der Waals surface area contributed by atoms with Gasteiger partial charge in [-0.1, -0.05) is 0 Å². The Bertz CT molecular complexity index is 4120. The molecule has 0 spiro atoms. The molecule has 0 heterocycles. The van der Waals surface area contributed by atoms with E-state index in [1.165, 1.54) is 111 Å². The third-order valence-electron chi connectivity index (χ3n) is 23.2. The second kappa shape index (κ2) is 25.7. The summed E-state index contributed by atoms with van der Waals surface area (Å²) in [6.45, 7) is 40.5. The summed E-state index contributed by atoms with van der Waals surface area (Å²) in [5, 5.41) is 0. The van der Waals surface area contributed by atoms with E-state index in [0.29, 0.717) is 0 Å². The zero-order chi connectivity index (χ0) is 68.1. The van der Waals surface area contributed by atoms with Gasteiger partial charge in [-0.3, -0.25) is 0 Å². The van der Waals surface area contributed by atoms with Crippen LogP contribution in [0.4, 0.5) is 0 Å². The van der Waals surface area contributed by atoms with Crippen LogP contribution < -0.4 is 0 Å². The summed E-state index contributed by atoms with van der Waals surface area (Å²) >= 11 is -4.93. The molecular weight excluding hydrogens is 1220 g/mol. The van der Waals surface area contributed by atoms with Crippen molar-refractivity contribution in [1.82, 2.24) is 9.80 Å². The molecule has 8 aromatic rings. The number of hydrogen-bond acceptors (Lipinski definition) is 2. The van der Waals surface area contributed by atoms with Gasteiger partial charge in [-0.2, -0.15) is 0 Å². The van der Waals surface area contributed by atoms with Gasteiger partial charge in [-0.25, -0.2) is 0 Å². The molecule has 491 valence electrons. The van der Waals surface area contributed by atoms with E-state index in [1.807, 2.05) is 0 Å². The molecule has 4 aliphatic carbocycles. The van der Waals surface area contributed by atoms with Crippen molar-refractivity contribution in [2.45, 2.75) is 188 Å². The van der Waals surface area contributed by atoms with Crippen LogP contribution in [0.2, 0.25) is 0 Å². The van der Waals surface area contributed by atoms with E-state index >= 15 is 0 Å². The van der Waals surface area contributed by atoms with Gasteiger partial charge in [0.25, 0.3) is 0 Å². The average molecular weight is 1330 g/mol. The molecule has 0 aromatic heterocycles. The molecule has 8 aromatic carbocycles. The van der Waals surface area contributed by atoms with Gasteiger partial charge in [0.1, 0.15) is 0 Å². The fourth-order valence-corrected chi connectivity index (χ4v) is 38.4. The molecular formula is C92H109N2Zr.